The zero-order valence-electron chi connectivity index (χ0n) is 19.6. The second-order valence-corrected chi connectivity index (χ2v) is 9.51. The van der Waals surface area contributed by atoms with E-state index in [1.807, 2.05) is 45.5 Å². The standard InChI is InChI=1S/C27H32N4O2/c1-19-7-6-10-22(17-19)25-20(2)28-24-12-11-23(18-31(24)25)27(33)30-15-13-29(14-16-30)26(32)21-8-4-3-5-9-21/h6-7,10-12,17-18,21H,3-5,8-9,13-16H2,1-2H3. The van der Waals surface area contributed by atoms with Gasteiger partial charge in [-0.2, -0.15) is 0 Å². The summed E-state index contributed by atoms with van der Waals surface area (Å²) in [5, 5.41) is 0. The van der Waals surface area contributed by atoms with Gasteiger partial charge >= 0.3 is 0 Å². The molecule has 3 heterocycles. The van der Waals surface area contributed by atoms with Gasteiger partial charge in [0.05, 0.1) is 17.0 Å². The van der Waals surface area contributed by atoms with Crippen LogP contribution < -0.4 is 0 Å². The highest BCUT2D eigenvalue weighted by molar-refractivity contribution is 5.94. The number of fused-ring (bicyclic) bond motifs is 1. The molecule has 2 aromatic heterocycles. The minimum atomic E-state index is 0.0169. The van der Waals surface area contributed by atoms with Gasteiger partial charge < -0.3 is 9.80 Å². The lowest BCUT2D eigenvalue weighted by Gasteiger charge is -2.37. The Kier molecular flexibility index (Phi) is 5.92. The van der Waals surface area contributed by atoms with Crippen LogP contribution in [-0.4, -0.2) is 57.2 Å². The van der Waals surface area contributed by atoms with Crippen molar-refractivity contribution >= 4 is 17.5 Å². The highest BCUT2D eigenvalue weighted by atomic mass is 16.2. The zero-order chi connectivity index (χ0) is 22.9. The van der Waals surface area contributed by atoms with E-state index in [-0.39, 0.29) is 11.8 Å². The Hall–Kier alpha value is -3.15. The summed E-state index contributed by atoms with van der Waals surface area (Å²) in [7, 11) is 0. The predicted molar refractivity (Wildman–Crippen MR) is 129 cm³/mol. The van der Waals surface area contributed by atoms with E-state index in [2.05, 4.69) is 25.1 Å². The molecule has 0 spiro atoms. The molecule has 2 amide bonds. The van der Waals surface area contributed by atoms with Gasteiger partial charge in [0.15, 0.2) is 0 Å². The quantitative estimate of drug-likeness (QED) is 0.598. The second kappa shape index (κ2) is 9.00. The third-order valence-electron chi connectivity index (χ3n) is 7.16. The predicted octanol–water partition coefficient (Wildman–Crippen LogP) is 4.48. The summed E-state index contributed by atoms with van der Waals surface area (Å²) in [5.41, 5.74) is 5.74. The van der Waals surface area contributed by atoms with Crippen LogP contribution in [0.4, 0.5) is 0 Å². The van der Waals surface area contributed by atoms with E-state index >= 15 is 0 Å². The van der Waals surface area contributed by atoms with Crippen molar-refractivity contribution in [2.45, 2.75) is 46.0 Å². The number of pyridine rings is 1. The molecule has 0 radical (unpaired) electrons. The van der Waals surface area contributed by atoms with Crippen LogP contribution in [0.5, 0.6) is 0 Å². The van der Waals surface area contributed by atoms with E-state index in [0.717, 1.165) is 48.3 Å². The molecule has 6 nitrogen and oxygen atoms in total. The lowest BCUT2D eigenvalue weighted by atomic mass is 9.88. The van der Waals surface area contributed by atoms with E-state index < -0.39 is 0 Å². The Morgan fingerprint density at radius 1 is 0.909 bits per heavy atom. The van der Waals surface area contributed by atoms with E-state index in [1.54, 1.807) is 0 Å². The van der Waals surface area contributed by atoms with Gasteiger partial charge in [0.2, 0.25) is 5.91 Å². The molecule has 172 valence electrons. The average molecular weight is 445 g/mol. The average Bonchev–Trinajstić information content (AvgIpc) is 3.18. The van der Waals surface area contributed by atoms with E-state index in [1.165, 1.54) is 12.0 Å². The number of aryl methyl sites for hydroxylation is 2. The number of hydrogen-bond donors (Lipinski definition) is 0. The van der Waals surface area contributed by atoms with Crippen molar-refractivity contribution in [1.29, 1.82) is 0 Å². The first-order valence-corrected chi connectivity index (χ1v) is 12.1. The van der Waals surface area contributed by atoms with Crippen molar-refractivity contribution in [3.8, 4) is 11.3 Å². The number of benzene rings is 1. The van der Waals surface area contributed by atoms with Crippen molar-refractivity contribution in [2.24, 2.45) is 5.92 Å². The van der Waals surface area contributed by atoms with Gasteiger partial charge in [0.25, 0.3) is 5.91 Å². The maximum atomic E-state index is 13.3. The lowest BCUT2D eigenvalue weighted by molar-refractivity contribution is -0.138. The summed E-state index contributed by atoms with van der Waals surface area (Å²) in [5.74, 6) is 0.496. The number of imidazole rings is 1. The van der Waals surface area contributed by atoms with Crippen LogP contribution >= 0.6 is 0 Å². The molecule has 2 aliphatic rings. The number of piperazine rings is 1. The Bertz CT molecular complexity index is 1180. The fourth-order valence-corrected chi connectivity index (χ4v) is 5.35. The highest BCUT2D eigenvalue weighted by Gasteiger charge is 2.30. The van der Waals surface area contributed by atoms with E-state index in [9.17, 15) is 9.59 Å². The van der Waals surface area contributed by atoms with Crippen molar-refractivity contribution in [1.82, 2.24) is 19.2 Å². The number of carbonyl (C=O) groups excluding carboxylic acids is 2. The van der Waals surface area contributed by atoms with Crippen molar-refractivity contribution in [3.63, 3.8) is 0 Å². The van der Waals surface area contributed by atoms with E-state index in [4.69, 9.17) is 4.98 Å². The van der Waals surface area contributed by atoms with Crippen LogP contribution in [0.15, 0.2) is 42.6 Å². The number of aromatic nitrogens is 2. The number of rotatable bonds is 3. The van der Waals surface area contributed by atoms with Gasteiger partial charge in [-0.25, -0.2) is 4.98 Å². The molecule has 3 aromatic rings. The minimum Gasteiger partial charge on any atom is -0.339 e. The van der Waals surface area contributed by atoms with Crippen LogP contribution in [0.25, 0.3) is 16.9 Å². The molecule has 33 heavy (non-hydrogen) atoms. The molecule has 2 fully saturated rings. The molecule has 5 rings (SSSR count). The summed E-state index contributed by atoms with van der Waals surface area (Å²) in [6.07, 6.45) is 7.52. The number of nitrogens with zero attached hydrogens (tertiary/aromatic N) is 4. The van der Waals surface area contributed by atoms with Gasteiger partial charge in [-0.05, 0) is 44.9 Å². The summed E-state index contributed by atoms with van der Waals surface area (Å²) in [6, 6.07) is 12.1. The molecular weight excluding hydrogens is 412 g/mol. The topological polar surface area (TPSA) is 57.9 Å². The number of hydrogen-bond acceptors (Lipinski definition) is 3. The largest absolute Gasteiger partial charge is 0.339 e. The fourth-order valence-electron chi connectivity index (χ4n) is 5.35. The zero-order valence-corrected chi connectivity index (χ0v) is 19.6. The highest BCUT2D eigenvalue weighted by Crippen LogP contribution is 2.27. The molecule has 1 aliphatic heterocycles. The van der Waals surface area contributed by atoms with Crippen LogP contribution in [0.3, 0.4) is 0 Å². The van der Waals surface area contributed by atoms with Crippen molar-refractivity contribution in [2.75, 3.05) is 26.2 Å². The van der Waals surface area contributed by atoms with Crippen LogP contribution in [0, 0.1) is 19.8 Å². The maximum Gasteiger partial charge on any atom is 0.255 e. The van der Waals surface area contributed by atoms with Crippen molar-refractivity contribution < 1.29 is 9.59 Å². The Morgan fingerprint density at radius 3 is 2.36 bits per heavy atom. The Balaban J connectivity index is 1.33. The van der Waals surface area contributed by atoms with Crippen molar-refractivity contribution in [3.05, 3.63) is 59.4 Å². The van der Waals surface area contributed by atoms with Gasteiger partial charge in [-0.1, -0.05) is 43.0 Å². The molecule has 1 saturated heterocycles. The first-order valence-electron chi connectivity index (χ1n) is 12.1. The molecule has 1 saturated carbocycles. The Morgan fingerprint density at radius 2 is 1.64 bits per heavy atom. The van der Waals surface area contributed by atoms with Gasteiger partial charge in [0, 0.05) is 43.9 Å². The van der Waals surface area contributed by atoms with Crippen LogP contribution in [0.2, 0.25) is 0 Å². The molecule has 6 heteroatoms. The fraction of sp³-hybridized carbons (Fsp3) is 0.444. The molecule has 1 aromatic carbocycles. The molecule has 0 atom stereocenters. The third-order valence-corrected chi connectivity index (χ3v) is 7.16. The SMILES string of the molecule is Cc1cccc(-c2c(C)nc3ccc(C(=O)N4CCN(C(=O)C5CCCCC5)CC4)cn23)c1. The molecule has 0 unspecified atom stereocenters. The summed E-state index contributed by atoms with van der Waals surface area (Å²) < 4.78 is 2.03. The van der Waals surface area contributed by atoms with Crippen LogP contribution in [0.1, 0.15) is 53.7 Å². The van der Waals surface area contributed by atoms with Gasteiger partial charge in [-0.3, -0.25) is 14.0 Å². The maximum absolute atomic E-state index is 13.3. The molecular formula is C27H32N4O2. The smallest absolute Gasteiger partial charge is 0.255 e. The van der Waals surface area contributed by atoms with E-state index in [0.29, 0.717) is 37.6 Å². The monoisotopic (exact) mass is 444 g/mol. The normalized spacial score (nSPS) is 17.5. The summed E-state index contributed by atoms with van der Waals surface area (Å²) in [6.45, 7) is 6.51. The number of carbonyl (C=O) groups is 2. The second-order valence-electron chi connectivity index (χ2n) is 9.51. The van der Waals surface area contributed by atoms with Gasteiger partial charge in [-0.15, -0.1) is 0 Å². The first kappa shape index (κ1) is 21.7. The van der Waals surface area contributed by atoms with Gasteiger partial charge in [0.1, 0.15) is 5.65 Å². The molecule has 0 bridgehead atoms. The molecule has 1 aliphatic carbocycles. The lowest BCUT2D eigenvalue weighted by Crippen LogP contribution is -2.52. The first-order chi connectivity index (χ1) is 16.0. The summed E-state index contributed by atoms with van der Waals surface area (Å²) in [4.78, 5) is 34.7. The molecule has 0 N–H and O–H groups in total. The van der Waals surface area contributed by atoms with Crippen LogP contribution in [-0.2, 0) is 4.79 Å². The number of amides is 2. The third kappa shape index (κ3) is 4.26. The summed E-state index contributed by atoms with van der Waals surface area (Å²) >= 11 is 0. The minimum absolute atomic E-state index is 0.0169. The Labute approximate surface area is 195 Å².